The average Bonchev–Trinajstić information content (AvgIpc) is 3.22. The summed E-state index contributed by atoms with van der Waals surface area (Å²) in [5.74, 6) is 0.563. The number of nitrogens with one attached hydrogen (secondary N) is 1. The van der Waals surface area contributed by atoms with E-state index < -0.39 is 0 Å². The molecular weight excluding hydrogens is 388 g/mol. The minimum Gasteiger partial charge on any atom is -0.494 e. The number of ether oxygens (including phenoxy) is 1. The third-order valence-electron chi connectivity index (χ3n) is 5.05. The van der Waals surface area contributed by atoms with Gasteiger partial charge in [0.25, 0.3) is 5.91 Å². The van der Waals surface area contributed by atoms with Crippen LogP contribution in [-0.2, 0) is 6.42 Å². The van der Waals surface area contributed by atoms with Gasteiger partial charge in [-0.3, -0.25) is 4.79 Å². The van der Waals surface area contributed by atoms with E-state index >= 15 is 0 Å². The number of benzene rings is 3. The van der Waals surface area contributed by atoms with Gasteiger partial charge >= 0.3 is 0 Å². The molecule has 6 nitrogen and oxygen atoms in total. The van der Waals surface area contributed by atoms with Gasteiger partial charge in [0.2, 0.25) is 0 Å². The van der Waals surface area contributed by atoms with E-state index in [-0.39, 0.29) is 5.91 Å². The second-order valence-corrected chi connectivity index (χ2v) is 7.37. The maximum Gasteiger partial charge on any atom is 0.255 e. The Bertz CT molecular complexity index is 1160. The van der Waals surface area contributed by atoms with Crippen LogP contribution in [0.5, 0.6) is 5.75 Å². The first-order valence-electron chi connectivity index (χ1n) is 10.7. The molecule has 1 amide bonds. The zero-order valence-electron chi connectivity index (χ0n) is 17.8. The Balaban J connectivity index is 1.48. The fourth-order valence-corrected chi connectivity index (χ4v) is 3.36. The van der Waals surface area contributed by atoms with Crippen LogP contribution in [0.4, 0.5) is 5.69 Å². The Hall–Kier alpha value is -3.67. The van der Waals surface area contributed by atoms with Crippen molar-refractivity contribution in [3.05, 3.63) is 77.9 Å². The van der Waals surface area contributed by atoms with E-state index in [2.05, 4.69) is 34.6 Å². The van der Waals surface area contributed by atoms with Gasteiger partial charge in [-0.2, -0.15) is 4.80 Å². The summed E-state index contributed by atoms with van der Waals surface area (Å²) in [6.07, 6.45) is 3.46. The molecule has 4 rings (SSSR count). The third-order valence-corrected chi connectivity index (χ3v) is 5.05. The molecule has 0 atom stereocenters. The lowest BCUT2D eigenvalue weighted by Gasteiger charge is -2.06. The van der Waals surface area contributed by atoms with E-state index in [0.29, 0.717) is 17.9 Å². The normalized spacial score (nSPS) is 10.9. The second kappa shape index (κ2) is 9.43. The van der Waals surface area contributed by atoms with E-state index in [1.165, 1.54) is 18.4 Å². The Morgan fingerprint density at radius 2 is 1.68 bits per heavy atom. The van der Waals surface area contributed by atoms with Crippen LogP contribution in [0, 0.1) is 0 Å². The molecule has 158 valence electrons. The first-order valence-corrected chi connectivity index (χ1v) is 10.7. The molecule has 1 heterocycles. The predicted octanol–water partition coefficient (Wildman–Crippen LogP) is 5.41. The highest BCUT2D eigenvalue weighted by atomic mass is 16.5. The minimum atomic E-state index is -0.183. The van der Waals surface area contributed by atoms with Crippen molar-refractivity contribution in [3.63, 3.8) is 0 Å². The summed E-state index contributed by atoms with van der Waals surface area (Å²) in [7, 11) is 0. The van der Waals surface area contributed by atoms with Crippen molar-refractivity contribution in [1.29, 1.82) is 0 Å². The van der Waals surface area contributed by atoms with Crippen molar-refractivity contribution < 1.29 is 9.53 Å². The smallest absolute Gasteiger partial charge is 0.255 e. The molecule has 31 heavy (non-hydrogen) atoms. The molecule has 0 unspecified atom stereocenters. The average molecular weight is 415 g/mol. The van der Waals surface area contributed by atoms with Crippen LogP contribution in [0.15, 0.2) is 66.7 Å². The van der Waals surface area contributed by atoms with Gasteiger partial charge in [-0.15, -0.1) is 10.2 Å². The van der Waals surface area contributed by atoms with Gasteiger partial charge < -0.3 is 10.1 Å². The lowest BCUT2D eigenvalue weighted by Crippen LogP contribution is -2.11. The highest BCUT2D eigenvalue weighted by Crippen LogP contribution is 2.19. The molecule has 3 aromatic carbocycles. The van der Waals surface area contributed by atoms with E-state index in [4.69, 9.17) is 4.74 Å². The van der Waals surface area contributed by atoms with Crippen LogP contribution < -0.4 is 10.1 Å². The summed E-state index contributed by atoms with van der Waals surface area (Å²) in [6, 6.07) is 20.9. The third kappa shape index (κ3) is 4.91. The van der Waals surface area contributed by atoms with Gasteiger partial charge in [-0.05, 0) is 79.9 Å². The summed E-state index contributed by atoms with van der Waals surface area (Å²) in [4.78, 5) is 14.2. The lowest BCUT2D eigenvalue weighted by molar-refractivity contribution is 0.102. The zero-order valence-corrected chi connectivity index (χ0v) is 17.8. The Labute approximate surface area is 181 Å². The van der Waals surface area contributed by atoms with E-state index in [1.54, 1.807) is 29.1 Å². The van der Waals surface area contributed by atoms with Gasteiger partial charge in [0, 0.05) is 11.3 Å². The molecule has 1 N–H and O–H groups in total. The van der Waals surface area contributed by atoms with Crippen molar-refractivity contribution in [2.24, 2.45) is 0 Å². The molecule has 1 aromatic heterocycles. The summed E-state index contributed by atoms with van der Waals surface area (Å²) in [6.45, 7) is 4.72. The van der Waals surface area contributed by atoms with Crippen molar-refractivity contribution in [2.45, 2.75) is 33.1 Å². The van der Waals surface area contributed by atoms with Crippen molar-refractivity contribution in [1.82, 2.24) is 15.0 Å². The summed E-state index contributed by atoms with van der Waals surface area (Å²) >= 11 is 0. The minimum absolute atomic E-state index is 0.183. The number of aryl methyl sites for hydroxylation is 1. The highest BCUT2D eigenvalue weighted by molar-refractivity contribution is 6.05. The maximum absolute atomic E-state index is 12.6. The van der Waals surface area contributed by atoms with Gasteiger partial charge in [0.1, 0.15) is 16.8 Å². The quantitative estimate of drug-likeness (QED) is 0.418. The number of aromatic nitrogens is 3. The molecular formula is C25H26N4O2. The number of carbonyl (C=O) groups is 1. The molecule has 0 radical (unpaired) electrons. The molecule has 0 saturated heterocycles. The molecule has 0 aliphatic carbocycles. The first-order chi connectivity index (χ1) is 15.2. The summed E-state index contributed by atoms with van der Waals surface area (Å²) in [5, 5.41) is 12.1. The lowest BCUT2D eigenvalue weighted by atomic mass is 10.1. The Morgan fingerprint density at radius 1 is 0.935 bits per heavy atom. The van der Waals surface area contributed by atoms with E-state index in [0.717, 1.165) is 28.9 Å². The highest BCUT2D eigenvalue weighted by Gasteiger charge is 2.10. The van der Waals surface area contributed by atoms with Gasteiger partial charge in [-0.1, -0.05) is 25.5 Å². The number of hydrogen-bond donors (Lipinski definition) is 1. The summed E-state index contributed by atoms with van der Waals surface area (Å²) in [5.41, 5.74) is 4.97. The summed E-state index contributed by atoms with van der Waals surface area (Å²) < 4.78 is 5.42. The number of nitrogens with zero attached hydrogens (tertiary/aromatic N) is 3. The van der Waals surface area contributed by atoms with Crippen LogP contribution >= 0.6 is 0 Å². The molecule has 0 spiro atoms. The van der Waals surface area contributed by atoms with Crippen LogP contribution in [0.3, 0.4) is 0 Å². The standard InChI is InChI=1S/C25H26N4O2/c1-3-5-6-18-7-12-21(13-8-18)29-27-23-16-11-20(17-24(23)28-29)26-25(30)19-9-14-22(15-10-19)31-4-2/h7-17H,3-6H2,1-2H3,(H,26,30). The van der Waals surface area contributed by atoms with Crippen molar-refractivity contribution in [2.75, 3.05) is 11.9 Å². The van der Waals surface area contributed by atoms with Gasteiger partial charge in [0.15, 0.2) is 0 Å². The second-order valence-electron chi connectivity index (χ2n) is 7.37. The molecule has 4 aromatic rings. The van der Waals surface area contributed by atoms with Gasteiger partial charge in [-0.25, -0.2) is 0 Å². The van der Waals surface area contributed by atoms with Crippen LogP contribution in [0.1, 0.15) is 42.6 Å². The molecule has 0 aliphatic heterocycles. The van der Waals surface area contributed by atoms with Crippen LogP contribution in [0.2, 0.25) is 0 Å². The number of carbonyl (C=O) groups excluding carboxylic acids is 1. The number of unbranched alkanes of at least 4 members (excludes halogenated alkanes) is 1. The predicted molar refractivity (Wildman–Crippen MR) is 123 cm³/mol. The molecule has 0 bridgehead atoms. The number of hydrogen-bond acceptors (Lipinski definition) is 4. The van der Waals surface area contributed by atoms with Crippen LogP contribution in [0.25, 0.3) is 16.7 Å². The molecule has 0 saturated carbocycles. The fraction of sp³-hybridized carbons (Fsp3) is 0.240. The molecule has 0 aliphatic rings. The monoisotopic (exact) mass is 414 g/mol. The number of amides is 1. The van der Waals surface area contributed by atoms with Crippen molar-refractivity contribution >= 4 is 22.6 Å². The van der Waals surface area contributed by atoms with E-state index in [1.807, 2.05) is 37.3 Å². The number of rotatable bonds is 8. The molecule has 0 fully saturated rings. The largest absolute Gasteiger partial charge is 0.494 e. The Kier molecular flexibility index (Phi) is 6.26. The topological polar surface area (TPSA) is 69.0 Å². The van der Waals surface area contributed by atoms with Gasteiger partial charge in [0.05, 0.1) is 12.3 Å². The number of anilines is 1. The zero-order chi connectivity index (χ0) is 21.6. The van der Waals surface area contributed by atoms with E-state index in [9.17, 15) is 4.79 Å². The SMILES string of the molecule is CCCCc1ccc(-n2nc3ccc(NC(=O)c4ccc(OCC)cc4)cc3n2)cc1. The maximum atomic E-state index is 12.6. The first kappa shape index (κ1) is 20.6. The Morgan fingerprint density at radius 3 is 2.39 bits per heavy atom. The molecule has 6 heteroatoms. The van der Waals surface area contributed by atoms with Crippen LogP contribution in [-0.4, -0.2) is 27.5 Å². The fourth-order valence-electron chi connectivity index (χ4n) is 3.36. The number of fused-ring (bicyclic) bond motifs is 1. The van der Waals surface area contributed by atoms with Crippen molar-refractivity contribution in [3.8, 4) is 11.4 Å².